The van der Waals surface area contributed by atoms with E-state index in [0.717, 1.165) is 27.5 Å². The maximum Gasteiger partial charge on any atom is 0.211 e. The lowest BCUT2D eigenvalue weighted by molar-refractivity contribution is 0.553. The van der Waals surface area contributed by atoms with Crippen molar-refractivity contribution in [3.8, 4) is 0 Å². The molecule has 0 fully saturated rings. The van der Waals surface area contributed by atoms with E-state index in [1.807, 2.05) is 52.9 Å². The lowest BCUT2D eigenvalue weighted by atomic mass is 10.2. The molecule has 0 bridgehead atoms. The molecule has 0 aliphatic carbocycles. The summed E-state index contributed by atoms with van der Waals surface area (Å²) < 4.78 is 4.77. The van der Waals surface area contributed by atoms with Gasteiger partial charge < -0.3 is 5.32 Å². The van der Waals surface area contributed by atoms with Gasteiger partial charge in [0.25, 0.3) is 0 Å². The van der Waals surface area contributed by atoms with Crippen LogP contribution in [0.4, 0.5) is 10.9 Å². The highest BCUT2D eigenvalue weighted by Crippen LogP contribution is 2.27. The molecule has 0 spiro atoms. The fourth-order valence-corrected chi connectivity index (χ4v) is 3.71. The molecule has 1 N–H and O–H groups in total. The maximum absolute atomic E-state index is 4.55. The monoisotopic (exact) mass is 443 g/mol. The Morgan fingerprint density at radius 2 is 1.96 bits per heavy atom. The summed E-state index contributed by atoms with van der Waals surface area (Å²) in [5, 5.41) is 22.4. The van der Waals surface area contributed by atoms with Gasteiger partial charge >= 0.3 is 0 Å². The second kappa shape index (κ2) is 7.61. The number of hydrogen-bond donors (Lipinski definition) is 1. The smallest absolute Gasteiger partial charge is 0.211 e. The molecule has 3 aromatic heterocycles. The van der Waals surface area contributed by atoms with Crippen LogP contribution in [0.15, 0.2) is 53.3 Å². The Balaban J connectivity index is 1.43. The molecule has 1 atom stereocenters. The number of anilines is 2. The van der Waals surface area contributed by atoms with Crippen LogP contribution in [0.1, 0.15) is 29.2 Å². The van der Waals surface area contributed by atoms with Crippen LogP contribution in [0.25, 0.3) is 0 Å². The van der Waals surface area contributed by atoms with Crippen molar-refractivity contribution in [3.05, 3.63) is 69.5 Å². The van der Waals surface area contributed by atoms with Gasteiger partial charge in [-0.25, -0.2) is 0 Å². The molecule has 0 aliphatic heterocycles. The van der Waals surface area contributed by atoms with Gasteiger partial charge in [-0.3, -0.25) is 9.36 Å². The average molecular weight is 444 g/mol. The Bertz CT molecular complexity index is 1020. The Hall–Kier alpha value is -2.52. The predicted molar refractivity (Wildman–Crippen MR) is 109 cm³/mol. The van der Waals surface area contributed by atoms with E-state index < -0.39 is 0 Å². The molecule has 0 saturated heterocycles. The lowest BCUT2D eigenvalue weighted by Gasteiger charge is -2.07. The largest absolute Gasteiger partial charge is 0.313 e. The molecule has 27 heavy (non-hydrogen) atoms. The molecule has 1 unspecified atom stereocenters. The van der Waals surface area contributed by atoms with E-state index in [9.17, 15) is 0 Å². The fourth-order valence-electron chi connectivity index (χ4n) is 2.62. The summed E-state index contributed by atoms with van der Waals surface area (Å²) >= 11 is 4.99. The third kappa shape index (κ3) is 4.09. The number of aryl methyl sites for hydroxylation is 1. The molecule has 138 valence electrons. The molecule has 0 amide bonds. The van der Waals surface area contributed by atoms with Crippen molar-refractivity contribution in [1.82, 2.24) is 29.8 Å². The molecule has 7 nitrogen and oxygen atoms in total. The molecule has 0 aliphatic rings. The van der Waals surface area contributed by atoms with Crippen molar-refractivity contribution in [3.63, 3.8) is 0 Å². The third-order valence-corrected chi connectivity index (χ3v) is 5.90. The number of aromatic nitrogens is 6. The topological polar surface area (TPSA) is 73.5 Å². The zero-order valence-electron chi connectivity index (χ0n) is 14.9. The third-order valence-electron chi connectivity index (χ3n) is 4.11. The minimum Gasteiger partial charge on any atom is -0.313 e. The summed E-state index contributed by atoms with van der Waals surface area (Å²) in [6, 6.07) is 12.2. The number of halogens is 1. The van der Waals surface area contributed by atoms with Crippen molar-refractivity contribution >= 4 is 38.2 Å². The van der Waals surface area contributed by atoms with Crippen LogP contribution in [0, 0.1) is 6.92 Å². The molecule has 4 aromatic rings. The van der Waals surface area contributed by atoms with Crippen LogP contribution >= 0.6 is 27.3 Å². The van der Waals surface area contributed by atoms with E-state index >= 15 is 0 Å². The first kappa shape index (κ1) is 17.9. The van der Waals surface area contributed by atoms with Gasteiger partial charge in [0.2, 0.25) is 5.13 Å². The van der Waals surface area contributed by atoms with Crippen LogP contribution < -0.4 is 5.32 Å². The first-order valence-electron chi connectivity index (χ1n) is 8.47. The summed E-state index contributed by atoms with van der Waals surface area (Å²) in [6.07, 6.45) is 3.91. The molecule has 0 saturated carbocycles. The zero-order valence-corrected chi connectivity index (χ0v) is 17.3. The van der Waals surface area contributed by atoms with Crippen LogP contribution in [0.2, 0.25) is 0 Å². The molecular formula is C18H18BrN7S. The molecule has 9 heteroatoms. The number of benzene rings is 1. The highest BCUT2D eigenvalue weighted by molar-refractivity contribution is 9.10. The maximum atomic E-state index is 4.55. The Morgan fingerprint density at radius 3 is 2.70 bits per heavy atom. The number of hydrogen-bond acceptors (Lipinski definition) is 6. The van der Waals surface area contributed by atoms with Crippen molar-refractivity contribution in [1.29, 1.82) is 0 Å². The van der Waals surface area contributed by atoms with E-state index in [0.29, 0.717) is 5.13 Å². The summed E-state index contributed by atoms with van der Waals surface area (Å²) in [6.45, 7) is 4.75. The number of nitrogens with zero attached hydrogens (tertiary/aromatic N) is 6. The quantitative estimate of drug-likeness (QED) is 0.477. The highest BCUT2D eigenvalue weighted by atomic mass is 79.9. The van der Waals surface area contributed by atoms with Gasteiger partial charge in [0.1, 0.15) is 11.0 Å². The van der Waals surface area contributed by atoms with Gasteiger partial charge in [0, 0.05) is 18.5 Å². The number of rotatable bonds is 6. The summed E-state index contributed by atoms with van der Waals surface area (Å²) in [5.41, 5.74) is 2.16. The predicted octanol–water partition coefficient (Wildman–Crippen LogP) is 4.40. The Morgan fingerprint density at radius 1 is 1.15 bits per heavy atom. The van der Waals surface area contributed by atoms with E-state index in [-0.39, 0.29) is 6.04 Å². The van der Waals surface area contributed by atoms with Crippen LogP contribution in [0.3, 0.4) is 0 Å². The molecule has 0 radical (unpaired) electrons. The van der Waals surface area contributed by atoms with E-state index in [1.54, 1.807) is 0 Å². The first-order valence-corrected chi connectivity index (χ1v) is 10.1. The van der Waals surface area contributed by atoms with Crippen molar-refractivity contribution < 1.29 is 0 Å². The van der Waals surface area contributed by atoms with Crippen molar-refractivity contribution in [2.45, 2.75) is 26.4 Å². The minimum absolute atomic E-state index is 0.0127. The van der Waals surface area contributed by atoms with Crippen LogP contribution in [-0.2, 0) is 6.54 Å². The molecule has 1 aromatic carbocycles. The second-order valence-corrected chi connectivity index (χ2v) is 8.04. The molecule has 3 heterocycles. The minimum atomic E-state index is 0.0127. The molecule has 4 rings (SSSR count). The zero-order chi connectivity index (χ0) is 18.8. The van der Waals surface area contributed by atoms with Gasteiger partial charge in [0.05, 0.1) is 16.7 Å². The SMILES string of the molecule is Cc1nn(C(C)c2nnc(Nc3ccn(Cc4ccccc4)n3)s2)cc1Br. The fraction of sp³-hybridized carbons (Fsp3) is 0.222. The van der Waals surface area contributed by atoms with Crippen molar-refractivity contribution in [2.75, 3.05) is 5.32 Å². The van der Waals surface area contributed by atoms with E-state index in [1.165, 1.54) is 16.9 Å². The van der Waals surface area contributed by atoms with Gasteiger partial charge in [0.15, 0.2) is 5.82 Å². The number of nitrogens with one attached hydrogen (secondary N) is 1. The van der Waals surface area contributed by atoms with Gasteiger partial charge in [-0.15, -0.1) is 10.2 Å². The van der Waals surface area contributed by atoms with Gasteiger partial charge in [-0.2, -0.15) is 10.2 Å². The van der Waals surface area contributed by atoms with Gasteiger partial charge in [-0.05, 0) is 35.3 Å². The van der Waals surface area contributed by atoms with Gasteiger partial charge in [-0.1, -0.05) is 41.7 Å². The lowest BCUT2D eigenvalue weighted by Crippen LogP contribution is -2.07. The summed E-state index contributed by atoms with van der Waals surface area (Å²) in [7, 11) is 0. The molecular weight excluding hydrogens is 426 g/mol. The summed E-state index contributed by atoms with van der Waals surface area (Å²) in [5.74, 6) is 0.749. The van der Waals surface area contributed by atoms with E-state index in [4.69, 9.17) is 0 Å². The first-order chi connectivity index (χ1) is 13.1. The Labute approximate surface area is 169 Å². The highest BCUT2D eigenvalue weighted by Gasteiger charge is 2.16. The normalized spacial score (nSPS) is 12.3. The summed E-state index contributed by atoms with van der Waals surface area (Å²) in [4.78, 5) is 0. The average Bonchev–Trinajstić information content (AvgIpc) is 3.38. The van der Waals surface area contributed by atoms with Crippen LogP contribution in [-0.4, -0.2) is 29.8 Å². The Kier molecular flexibility index (Phi) is 5.04. The van der Waals surface area contributed by atoms with Crippen LogP contribution in [0.5, 0.6) is 0 Å². The second-order valence-electron chi connectivity index (χ2n) is 6.17. The standard InChI is InChI=1S/C18H18BrN7S/c1-12-15(19)11-26(23-12)13(2)17-21-22-18(27-17)20-16-8-9-25(24-16)10-14-6-4-3-5-7-14/h3-9,11,13H,10H2,1-2H3,(H,20,22,24). The van der Waals surface area contributed by atoms with E-state index in [2.05, 4.69) is 60.7 Å². The van der Waals surface area contributed by atoms with Crippen molar-refractivity contribution in [2.24, 2.45) is 0 Å².